The molecule has 1 aliphatic rings. The molecular weight excluding hydrogens is 321 g/mol. The van der Waals surface area contributed by atoms with Crippen molar-refractivity contribution in [1.29, 1.82) is 0 Å². The third-order valence-corrected chi connectivity index (χ3v) is 3.69. The Hall–Kier alpha value is -1.78. The number of halogens is 2. The summed E-state index contributed by atoms with van der Waals surface area (Å²) in [6.07, 6.45) is 3.50. The summed E-state index contributed by atoms with van der Waals surface area (Å²) >= 11 is 0. The zero-order valence-electron chi connectivity index (χ0n) is 12.3. The number of fused-ring (bicyclic) bond motifs is 1. The molecule has 0 saturated heterocycles. The number of amides is 1. The first-order valence-electron chi connectivity index (χ1n) is 6.78. The van der Waals surface area contributed by atoms with Gasteiger partial charge in [0.05, 0.1) is 5.56 Å². The van der Waals surface area contributed by atoms with Gasteiger partial charge in [-0.3, -0.25) is 9.78 Å². The maximum atomic E-state index is 12.6. The standard InChI is InChI=1S/C16H17N3O.2ClH/c1-11-7-8-12(10-18-11)16(20)19-9-3-4-13-14(17)5-2-6-15(13)19;;/h2,5-8,10H,3-4,9,17H2,1H3;2*1H. The normalized spacial score (nSPS) is 12.7. The van der Waals surface area contributed by atoms with E-state index in [2.05, 4.69) is 4.98 Å². The summed E-state index contributed by atoms with van der Waals surface area (Å²) in [5, 5.41) is 0. The van der Waals surface area contributed by atoms with Crippen molar-refractivity contribution < 1.29 is 4.79 Å². The average molecular weight is 340 g/mol. The fourth-order valence-electron chi connectivity index (χ4n) is 2.61. The van der Waals surface area contributed by atoms with Gasteiger partial charge in [-0.25, -0.2) is 0 Å². The van der Waals surface area contributed by atoms with E-state index in [0.29, 0.717) is 5.56 Å². The van der Waals surface area contributed by atoms with E-state index in [0.717, 1.165) is 42.0 Å². The Bertz CT molecular complexity index is 659. The fraction of sp³-hybridized carbons (Fsp3) is 0.250. The topological polar surface area (TPSA) is 59.2 Å². The van der Waals surface area contributed by atoms with E-state index in [1.165, 1.54) is 0 Å². The van der Waals surface area contributed by atoms with E-state index in [1.54, 1.807) is 6.20 Å². The SMILES string of the molecule is Cc1ccc(C(=O)N2CCCc3c(N)cccc32)cn1.Cl.Cl. The number of hydrogen-bond donors (Lipinski definition) is 1. The first kappa shape index (κ1) is 18.3. The van der Waals surface area contributed by atoms with Gasteiger partial charge in [-0.15, -0.1) is 24.8 Å². The minimum atomic E-state index is -0.0101. The van der Waals surface area contributed by atoms with Gasteiger partial charge in [-0.05, 0) is 49.6 Å². The van der Waals surface area contributed by atoms with Crippen LogP contribution in [0.25, 0.3) is 0 Å². The number of nitrogens with zero attached hydrogens (tertiary/aromatic N) is 2. The van der Waals surface area contributed by atoms with Crippen molar-refractivity contribution >= 4 is 42.1 Å². The predicted molar refractivity (Wildman–Crippen MR) is 94.3 cm³/mol. The number of carbonyl (C=O) groups excluding carboxylic acids is 1. The van der Waals surface area contributed by atoms with Crippen molar-refractivity contribution in [2.24, 2.45) is 0 Å². The van der Waals surface area contributed by atoms with Crippen LogP contribution in [0.4, 0.5) is 11.4 Å². The van der Waals surface area contributed by atoms with Gasteiger partial charge in [0, 0.05) is 29.8 Å². The molecule has 0 aliphatic carbocycles. The van der Waals surface area contributed by atoms with E-state index in [9.17, 15) is 4.79 Å². The number of rotatable bonds is 1. The third-order valence-electron chi connectivity index (χ3n) is 3.69. The lowest BCUT2D eigenvalue weighted by atomic mass is 9.99. The van der Waals surface area contributed by atoms with Crippen molar-refractivity contribution in [2.75, 3.05) is 17.2 Å². The quantitative estimate of drug-likeness (QED) is 0.810. The van der Waals surface area contributed by atoms with Gasteiger partial charge in [-0.1, -0.05) is 6.07 Å². The molecule has 1 aliphatic heterocycles. The van der Waals surface area contributed by atoms with Crippen LogP contribution in [0, 0.1) is 6.92 Å². The lowest BCUT2D eigenvalue weighted by molar-refractivity contribution is 0.0985. The highest BCUT2D eigenvalue weighted by atomic mass is 35.5. The number of benzene rings is 1. The minimum absolute atomic E-state index is 0. The van der Waals surface area contributed by atoms with Gasteiger partial charge in [-0.2, -0.15) is 0 Å². The molecule has 3 rings (SSSR count). The highest BCUT2D eigenvalue weighted by Gasteiger charge is 2.24. The van der Waals surface area contributed by atoms with Gasteiger partial charge < -0.3 is 10.6 Å². The third kappa shape index (κ3) is 3.34. The van der Waals surface area contributed by atoms with E-state index in [1.807, 2.05) is 42.2 Å². The zero-order valence-corrected chi connectivity index (χ0v) is 13.9. The molecule has 0 radical (unpaired) electrons. The second-order valence-corrected chi connectivity index (χ2v) is 5.09. The van der Waals surface area contributed by atoms with Gasteiger partial charge in [0.25, 0.3) is 5.91 Å². The number of nitrogens with two attached hydrogens (primary N) is 1. The van der Waals surface area contributed by atoms with Crippen LogP contribution in [0.2, 0.25) is 0 Å². The van der Waals surface area contributed by atoms with Crippen molar-refractivity contribution in [3.8, 4) is 0 Å². The van der Waals surface area contributed by atoms with Gasteiger partial charge >= 0.3 is 0 Å². The van der Waals surface area contributed by atoms with Crippen molar-refractivity contribution in [2.45, 2.75) is 19.8 Å². The summed E-state index contributed by atoms with van der Waals surface area (Å²) in [7, 11) is 0. The number of aryl methyl sites for hydroxylation is 1. The maximum Gasteiger partial charge on any atom is 0.259 e. The van der Waals surface area contributed by atoms with Gasteiger partial charge in [0.1, 0.15) is 0 Å². The number of nitrogen functional groups attached to an aromatic ring is 1. The molecule has 6 heteroatoms. The molecule has 0 unspecified atom stereocenters. The van der Waals surface area contributed by atoms with E-state index in [-0.39, 0.29) is 30.7 Å². The predicted octanol–water partition coefficient (Wildman–Crippen LogP) is 3.41. The summed E-state index contributed by atoms with van der Waals surface area (Å²) in [5.41, 5.74) is 10.3. The first-order valence-corrected chi connectivity index (χ1v) is 6.78. The van der Waals surface area contributed by atoms with E-state index in [4.69, 9.17) is 5.73 Å². The number of hydrogen-bond acceptors (Lipinski definition) is 3. The molecule has 0 saturated carbocycles. The molecule has 1 aromatic carbocycles. The molecule has 0 atom stereocenters. The molecule has 2 N–H and O–H groups in total. The number of pyridine rings is 1. The second kappa shape index (κ2) is 7.47. The smallest absolute Gasteiger partial charge is 0.259 e. The van der Waals surface area contributed by atoms with E-state index >= 15 is 0 Å². The Balaban J connectivity index is 0.00000121. The monoisotopic (exact) mass is 339 g/mol. The Morgan fingerprint density at radius 3 is 2.68 bits per heavy atom. The maximum absolute atomic E-state index is 12.6. The molecule has 22 heavy (non-hydrogen) atoms. The average Bonchev–Trinajstić information content (AvgIpc) is 2.47. The van der Waals surface area contributed by atoms with Crippen LogP contribution in [0.3, 0.4) is 0 Å². The molecule has 1 aromatic heterocycles. The Kier molecular flexibility index (Phi) is 6.21. The zero-order chi connectivity index (χ0) is 14.1. The van der Waals surface area contributed by atoms with Crippen molar-refractivity contribution in [1.82, 2.24) is 4.98 Å². The number of carbonyl (C=O) groups is 1. The summed E-state index contributed by atoms with van der Waals surface area (Å²) < 4.78 is 0. The Morgan fingerprint density at radius 1 is 1.23 bits per heavy atom. The van der Waals surface area contributed by atoms with Crippen LogP contribution < -0.4 is 10.6 Å². The van der Waals surface area contributed by atoms with Gasteiger partial charge in [0.2, 0.25) is 0 Å². The Labute approximate surface area is 142 Å². The molecule has 118 valence electrons. The number of anilines is 2. The second-order valence-electron chi connectivity index (χ2n) is 5.09. The fourth-order valence-corrected chi connectivity index (χ4v) is 2.61. The van der Waals surface area contributed by atoms with Crippen LogP contribution >= 0.6 is 24.8 Å². The Morgan fingerprint density at radius 2 is 2.00 bits per heavy atom. The van der Waals surface area contributed by atoms with Crippen LogP contribution in [0.15, 0.2) is 36.5 Å². The summed E-state index contributed by atoms with van der Waals surface area (Å²) in [6, 6.07) is 9.43. The summed E-state index contributed by atoms with van der Waals surface area (Å²) in [5.74, 6) is -0.0101. The molecule has 2 aromatic rings. The van der Waals surface area contributed by atoms with Crippen LogP contribution in [0.5, 0.6) is 0 Å². The molecule has 0 fully saturated rings. The first-order chi connectivity index (χ1) is 9.66. The lowest BCUT2D eigenvalue weighted by Crippen LogP contribution is -2.35. The van der Waals surface area contributed by atoms with Crippen LogP contribution in [-0.2, 0) is 6.42 Å². The van der Waals surface area contributed by atoms with Crippen molar-refractivity contribution in [3.63, 3.8) is 0 Å². The molecule has 2 heterocycles. The van der Waals surface area contributed by atoms with Crippen molar-refractivity contribution in [3.05, 3.63) is 53.3 Å². The van der Waals surface area contributed by atoms with E-state index < -0.39 is 0 Å². The molecule has 1 amide bonds. The highest BCUT2D eigenvalue weighted by Crippen LogP contribution is 2.32. The van der Waals surface area contributed by atoms with Crippen LogP contribution in [-0.4, -0.2) is 17.4 Å². The lowest BCUT2D eigenvalue weighted by Gasteiger charge is -2.30. The van der Waals surface area contributed by atoms with Crippen LogP contribution in [0.1, 0.15) is 28.0 Å². The van der Waals surface area contributed by atoms with Gasteiger partial charge in [0.15, 0.2) is 0 Å². The molecule has 0 bridgehead atoms. The molecule has 0 spiro atoms. The summed E-state index contributed by atoms with van der Waals surface area (Å²) in [4.78, 5) is 18.6. The molecule has 4 nitrogen and oxygen atoms in total. The molecular formula is C16H19Cl2N3O. The highest BCUT2D eigenvalue weighted by molar-refractivity contribution is 6.06. The minimum Gasteiger partial charge on any atom is -0.398 e. The largest absolute Gasteiger partial charge is 0.398 e. The number of aromatic nitrogens is 1. The summed E-state index contributed by atoms with van der Waals surface area (Å²) in [6.45, 7) is 2.63.